The predicted molar refractivity (Wildman–Crippen MR) is 73.4 cm³/mol. The van der Waals surface area contributed by atoms with Gasteiger partial charge in [0.2, 0.25) is 0 Å². The Balaban J connectivity index is 2.06. The fraction of sp³-hybridized carbons (Fsp3) is 0.385. The highest BCUT2D eigenvalue weighted by atomic mass is 32.2. The van der Waals surface area contributed by atoms with Crippen molar-refractivity contribution >= 4 is 20.9 Å². The normalized spacial score (nSPS) is 13.6. The van der Waals surface area contributed by atoms with Crippen LogP contribution in [0.15, 0.2) is 30.5 Å². The van der Waals surface area contributed by atoms with Crippen LogP contribution in [0.1, 0.15) is 24.6 Å². The highest BCUT2D eigenvalue weighted by Gasteiger charge is 2.12. The highest BCUT2D eigenvalue weighted by molar-refractivity contribution is 7.90. The van der Waals surface area contributed by atoms with Crippen LogP contribution < -0.4 is 0 Å². The zero-order valence-electron chi connectivity index (χ0n) is 10.7. The second-order valence-corrected chi connectivity index (χ2v) is 6.83. The molecule has 0 spiro atoms. The summed E-state index contributed by atoms with van der Waals surface area (Å²) in [6.45, 7) is 0. The monoisotopic (exact) mass is 280 g/mol. The first-order chi connectivity index (χ1) is 8.96. The molecular formula is C13H16N2O3S. The molecule has 1 N–H and O–H groups in total. The maximum absolute atomic E-state index is 11.0. The van der Waals surface area contributed by atoms with Gasteiger partial charge in [-0.3, -0.25) is 4.98 Å². The Morgan fingerprint density at radius 2 is 1.95 bits per heavy atom. The second-order valence-electron chi connectivity index (χ2n) is 4.57. The maximum atomic E-state index is 11.0. The van der Waals surface area contributed by atoms with Crippen LogP contribution in [0.2, 0.25) is 0 Å². The Bertz CT molecular complexity index is 670. The summed E-state index contributed by atoms with van der Waals surface area (Å²) >= 11 is 0. The third-order valence-corrected chi connectivity index (χ3v) is 3.83. The van der Waals surface area contributed by atoms with E-state index in [1.54, 1.807) is 0 Å². The average molecular weight is 280 g/mol. The van der Waals surface area contributed by atoms with Gasteiger partial charge in [-0.15, -0.1) is 0 Å². The number of aromatic nitrogens is 2. The summed E-state index contributed by atoms with van der Waals surface area (Å²) in [5.41, 5.74) is 1.98. The van der Waals surface area contributed by atoms with Crippen molar-refractivity contribution in [2.45, 2.75) is 18.9 Å². The molecule has 0 saturated carbocycles. The summed E-state index contributed by atoms with van der Waals surface area (Å²) in [6.07, 6.45) is 2.72. The standard InChI is InChI=1S/C13H16N2O3S/c1-19(17,18)8-4-7-13(16)12-9-14-10-5-2-3-6-11(10)15-12/h2-3,5-6,9,13,16H,4,7-8H2,1H3. The fourth-order valence-corrected chi connectivity index (χ4v) is 2.51. The van der Waals surface area contributed by atoms with Gasteiger partial charge in [-0.2, -0.15) is 0 Å². The quantitative estimate of drug-likeness (QED) is 0.897. The summed E-state index contributed by atoms with van der Waals surface area (Å²) in [4.78, 5) is 8.55. The predicted octanol–water partition coefficient (Wildman–Crippen LogP) is 1.49. The van der Waals surface area contributed by atoms with Crippen molar-refractivity contribution in [1.82, 2.24) is 9.97 Å². The number of sulfone groups is 1. The summed E-state index contributed by atoms with van der Waals surface area (Å²) < 4.78 is 22.0. The lowest BCUT2D eigenvalue weighted by Crippen LogP contribution is -2.07. The number of aliphatic hydroxyl groups is 1. The van der Waals surface area contributed by atoms with Gasteiger partial charge in [0.1, 0.15) is 9.84 Å². The van der Waals surface area contributed by atoms with E-state index in [4.69, 9.17) is 0 Å². The van der Waals surface area contributed by atoms with Gasteiger partial charge in [0.15, 0.2) is 0 Å². The average Bonchev–Trinajstić information content (AvgIpc) is 2.36. The summed E-state index contributed by atoms with van der Waals surface area (Å²) in [6, 6.07) is 7.41. The van der Waals surface area contributed by atoms with Gasteiger partial charge in [-0.05, 0) is 25.0 Å². The molecule has 1 aromatic heterocycles. The second kappa shape index (κ2) is 5.63. The molecule has 102 valence electrons. The zero-order valence-corrected chi connectivity index (χ0v) is 11.5. The fourth-order valence-electron chi connectivity index (χ4n) is 1.82. The molecule has 0 amide bonds. The van der Waals surface area contributed by atoms with Crippen LogP contribution in [-0.4, -0.2) is 35.5 Å². The van der Waals surface area contributed by atoms with Crippen molar-refractivity contribution in [3.8, 4) is 0 Å². The number of para-hydroxylation sites is 2. The molecule has 6 heteroatoms. The largest absolute Gasteiger partial charge is 0.387 e. The minimum Gasteiger partial charge on any atom is -0.387 e. The van der Waals surface area contributed by atoms with Crippen molar-refractivity contribution in [3.63, 3.8) is 0 Å². The Labute approximate surface area is 112 Å². The minimum atomic E-state index is -2.98. The smallest absolute Gasteiger partial charge is 0.147 e. The van der Waals surface area contributed by atoms with Crippen LogP contribution in [0, 0.1) is 0 Å². The van der Waals surface area contributed by atoms with Crippen molar-refractivity contribution in [1.29, 1.82) is 0 Å². The third kappa shape index (κ3) is 3.97. The molecule has 0 aliphatic heterocycles. The summed E-state index contributed by atoms with van der Waals surface area (Å²) in [7, 11) is -2.98. The Kier molecular flexibility index (Phi) is 4.11. The van der Waals surface area contributed by atoms with E-state index in [1.165, 1.54) is 12.5 Å². The molecule has 0 aliphatic rings. The van der Waals surface area contributed by atoms with Crippen molar-refractivity contribution in [2.24, 2.45) is 0 Å². The molecule has 1 atom stereocenters. The van der Waals surface area contributed by atoms with Crippen LogP contribution in [0.4, 0.5) is 0 Å². The minimum absolute atomic E-state index is 0.0745. The van der Waals surface area contributed by atoms with Crippen LogP contribution in [0.25, 0.3) is 11.0 Å². The lowest BCUT2D eigenvalue weighted by Gasteiger charge is -2.09. The van der Waals surface area contributed by atoms with E-state index in [9.17, 15) is 13.5 Å². The molecule has 1 unspecified atom stereocenters. The van der Waals surface area contributed by atoms with Crippen LogP contribution in [-0.2, 0) is 9.84 Å². The van der Waals surface area contributed by atoms with Gasteiger partial charge in [0, 0.05) is 12.0 Å². The topological polar surface area (TPSA) is 80.2 Å². The first kappa shape index (κ1) is 13.9. The molecule has 0 aliphatic carbocycles. The maximum Gasteiger partial charge on any atom is 0.147 e. The lowest BCUT2D eigenvalue weighted by atomic mass is 10.1. The SMILES string of the molecule is CS(=O)(=O)CCCC(O)c1cnc2ccccc2n1. The first-order valence-corrected chi connectivity index (χ1v) is 8.09. The molecule has 2 rings (SSSR count). The molecule has 0 fully saturated rings. The van der Waals surface area contributed by atoms with E-state index in [-0.39, 0.29) is 5.75 Å². The Morgan fingerprint density at radius 3 is 2.63 bits per heavy atom. The van der Waals surface area contributed by atoms with Gasteiger partial charge < -0.3 is 5.11 Å². The van der Waals surface area contributed by atoms with E-state index >= 15 is 0 Å². The lowest BCUT2D eigenvalue weighted by molar-refractivity contribution is 0.162. The van der Waals surface area contributed by atoms with Crippen LogP contribution >= 0.6 is 0 Å². The molecule has 0 saturated heterocycles. The Hall–Kier alpha value is -1.53. The van der Waals surface area contributed by atoms with Crippen molar-refractivity contribution < 1.29 is 13.5 Å². The number of aliphatic hydroxyl groups excluding tert-OH is 1. The number of rotatable bonds is 5. The van der Waals surface area contributed by atoms with E-state index in [2.05, 4.69) is 9.97 Å². The summed E-state index contributed by atoms with van der Waals surface area (Å²) in [5, 5.41) is 9.98. The summed E-state index contributed by atoms with van der Waals surface area (Å²) in [5.74, 6) is 0.0745. The number of fused-ring (bicyclic) bond motifs is 1. The molecular weight excluding hydrogens is 264 g/mol. The van der Waals surface area contributed by atoms with Gasteiger partial charge >= 0.3 is 0 Å². The number of hydrogen-bond donors (Lipinski definition) is 1. The van der Waals surface area contributed by atoms with Gasteiger partial charge in [0.25, 0.3) is 0 Å². The Morgan fingerprint density at radius 1 is 1.26 bits per heavy atom. The molecule has 1 heterocycles. The molecule has 19 heavy (non-hydrogen) atoms. The molecule has 0 radical (unpaired) electrons. The number of nitrogens with zero attached hydrogens (tertiary/aromatic N) is 2. The van der Waals surface area contributed by atoms with Crippen molar-refractivity contribution in [3.05, 3.63) is 36.2 Å². The van der Waals surface area contributed by atoms with Crippen molar-refractivity contribution in [2.75, 3.05) is 12.0 Å². The van der Waals surface area contributed by atoms with E-state index < -0.39 is 15.9 Å². The number of benzene rings is 1. The zero-order chi connectivity index (χ0) is 13.9. The third-order valence-electron chi connectivity index (χ3n) is 2.80. The highest BCUT2D eigenvalue weighted by Crippen LogP contribution is 2.18. The molecule has 5 nitrogen and oxygen atoms in total. The van der Waals surface area contributed by atoms with Crippen LogP contribution in [0.5, 0.6) is 0 Å². The van der Waals surface area contributed by atoms with Crippen LogP contribution in [0.3, 0.4) is 0 Å². The first-order valence-electron chi connectivity index (χ1n) is 6.03. The molecule has 2 aromatic rings. The number of hydrogen-bond acceptors (Lipinski definition) is 5. The van der Waals surface area contributed by atoms with E-state index in [0.29, 0.717) is 18.5 Å². The van der Waals surface area contributed by atoms with E-state index in [1.807, 2.05) is 24.3 Å². The molecule has 0 bridgehead atoms. The van der Waals surface area contributed by atoms with Gasteiger partial charge in [-0.25, -0.2) is 13.4 Å². The molecule has 1 aromatic carbocycles. The van der Waals surface area contributed by atoms with E-state index in [0.717, 1.165) is 11.0 Å². The van der Waals surface area contributed by atoms with Gasteiger partial charge in [-0.1, -0.05) is 12.1 Å². The van der Waals surface area contributed by atoms with Gasteiger partial charge in [0.05, 0.1) is 29.0 Å².